The van der Waals surface area contributed by atoms with Crippen molar-refractivity contribution in [3.8, 4) is 0 Å². The standard InChI is InChI=1S/C14H20F3NO4S/c15-14(16,17)8-1-4-10(5-2-8)23(21,22)18-9-3-6-12(18)11(7-9)13(19)20/h8-12H,1-7H2,(H,19,20). The van der Waals surface area contributed by atoms with Crippen molar-refractivity contribution in [2.75, 3.05) is 0 Å². The van der Waals surface area contributed by atoms with E-state index in [1.807, 2.05) is 0 Å². The molecule has 0 aromatic heterocycles. The van der Waals surface area contributed by atoms with Gasteiger partial charge < -0.3 is 5.11 Å². The second-order valence-corrected chi connectivity index (χ2v) is 8.99. The number of halogens is 3. The summed E-state index contributed by atoms with van der Waals surface area (Å²) in [6, 6.07) is -0.825. The van der Waals surface area contributed by atoms with E-state index < -0.39 is 45.3 Å². The lowest BCUT2D eigenvalue weighted by atomic mass is 9.88. The zero-order valence-corrected chi connectivity index (χ0v) is 13.3. The molecular weight excluding hydrogens is 335 g/mol. The first-order chi connectivity index (χ1) is 10.6. The van der Waals surface area contributed by atoms with Crippen LogP contribution in [0.1, 0.15) is 44.9 Å². The molecule has 1 saturated carbocycles. The lowest BCUT2D eigenvalue weighted by Gasteiger charge is -2.33. The van der Waals surface area contributed by atoms with Crippen molar-refractivity contribution < 1.29 is 31.5 Å². The van der Waals surface area contributed by atoms with E-state index in [2.05, 4.69) is 0 Å². The molecule has 5 nitrogen and oxygen atoms in total. The van der Waals surface area contributed by atoms with E-state index in [0.717, 1.165) is 0 Å². The van der Waals surface area contributed by atoms with Gasteiger partial charge >= 0.3 is 12.1 Å². The maximum atomic E-state index is 12.8. The van der Waals surface area contributed by atoms with Gasteiger partial charge in [-0.2, -0.15) is 17.5 Å². The number of nitrogens with zero attached hydrogens (tertiary/aromatic N) is 1. The monoisotopic (exact) mass is 355 g/mol. The number of fused-ring (bicyclic) bond motifs is 2. The summed E-state index contributed by atoms with van der Waals surface area (Å²) in [6.07, 6.45) is -3.12. The molecule has 3 unspecified atom stereocenters. The number of aliphatic carboxylic acids is 1. The highest BCUT2D eigenvalue weighted by Gasteiger charge is 2.56. The molecule has 0 radical (unpaired) electrons. The molecule has 1 aliphatic carbocycles. The lowest BCUT2D eigenvalue weighted by Crippen LogP contribution is -2.45. The van der Waals surface area contributed by atoms with Gasteiger partial charge in [-0.25, -0.2) is 8.42 Å². The van der Waals surface area contributed by atoms with Crippen LogP contribution in [-0.4, -0.2) is 47.3 Å². The van der Waals surface area contributed by atoms with Gasteiger partial charge in [-0.15, -0.1) is 0 Å². The molecule has 23 heavy (non-hydrogen) atoms. The molecule has 9 heteroatoms. The highest BCUT2D eigenvalue weighted by Crippen LogP contribution is 2.47. The first-order valence-corrected chi connectivity index (χ1v) is 9.44. The first kappa shape index (κ1) is 17.0. The fourth-order valence-electron chi connectivity index (χ4n) is 4.46. The Morgan fingerprint density at radius 2 is 1.65 bits per heavy atom. The van der Waals surface area contributed by atoms with Crippen LogP contribution in [0.4, 0.5) is 13.2 Å². The molecule has 132 valence electrons. The highest BCUT2D eigenvalue weighted by atomic mass is 32.2. The third-order valence-corrected chi connectivity index (χ3v) is 8.11. The van der Waals surface area contributed by atoms with Gasteiger partial charge in [0.1, 0.15) is 0 Å². The summed E-state index contributed by atoms with van der Waals surface area (Å²) in [5.74, 6) is -3.09. The van der Waals surface area contributed by atoms with Gasteiger partial charge in [0.15, 0.2) is 0 Å². The Morgan fingerprint density at radius 1 is 1.04 bits per heavy atom. The zero-order chi connectivity index (χ0) is 17.0. The van der Waals surface area contributed by atoms with Crippen molar-refractivity contribution in [2.45, 2.75) is 68.5 Å². The van der Waals surface area contributed by atoms with Crippen LogP contribution in [0.3, 0.4) is 0 Å². The van der Waals surface area contributed by atoms with E-state index in [4.69, 9.17) is 0 Å². The Bertz CT molecular complexity index is 583. The number of rotatable bonds is 3. The summed E-state index contributed by atoms with van der Waals surface area (Å²) in [7, 11) is -3.73. The molecule has 3 fully saturated rings. The number of carboxylic acid groups (broad SMARTS) is 1. The predicted octanol–water partition coefficient (Wildman–Crippen LogP) is 2.37. The van der Waals surface area contributed by atoms with Gasteiger partial charge in [0.2, 0.25) is 10.0 Å². The number of carboxylic acids is 1. The van der Waals surface area contributed by atoms with Crippen LogP contribution in [-0.2, 0) is 14.8 Å². The largest absolute Gasteiger partial charge is 0.481 e. The molecule has 3 aliphatic rings. The van der Waals surface area contributed by atoms with Gasteiger partial charge in [0, 0.05) is 12.1 Å². The summed E-state index contributed by atoms with van der Waals surface area (Å²) >= 11 is 0. The van der Waals surface area contributed by atoms with Gasteiger partial charge in [-0.3, -0.25) is 4.79 Å². The molecule has 2 saturated heterocycles. The molecule has 0 spiro atoms. The van der Waals surface area contributed by atoms with Crippen molar-refractivity contribution >= 4 is 16.0 Å². The Hall–Kier alpha value is -0.830. The molecule has 2 bridgehead atoms. The van der Waals surface area contributed by atoms with E-state index in [-0.39, 0.29) is 31.7 Å². The molecule has 3 rings (SSSR count). The minimum Gasteiger partial charge on any atom is -0.481 e. The van der Waals surface area contributed by atoms with Gasteiger partial charge in [0.25, 0.3) is 0 Å². The quantitative estimate of drug-likeness (QED) is 0.843. The lowest BCUT2D eigenvalue weighted by molar-refractivity contribution is -0.181. The van der Waals surface area contributed by atoms with Crippen molar-refractivity contribution in [1.29, 1.82) is 0 Å². The second kappa shape index (κ2) is 5.61. The van der Waals surface area contributed by atoms with E-state index >= 15 is 0 Å². The van der Waals surface area contributed by atoms with Crippen LogP contribution in [0.5, 0.6) is 0 Å². The average molecular weight is 355 g/mol. The van der Waals surface area contributed by atoms with Gasteiger partial charge in [0.05, 0.1) is 17.1 Å². The topological polar surface area (TPSA) is 74.7 Å². The smallest absolute Gasteiger partial charge is 0.391 e. The Kier molecular flexibility index (Phi) is 4.15. The van der Waals surface area contributed by atoms with E-state index in [0.29, 0.717) is 19.3 Å². The Morgan fingerprint density at radius 3 is 2.13 bits per heavy atom. The molecule has 2 aliphatic heterocycles. The van der Waals surface area contributed by atoms with Crippen molar-refractivity contribution in [1.82, 2.24) is 4.31 Å². The summed E-state index contributed by atoms with van der Waals surface area (Å²) in [6.45, 7) is 0. The summed E-state index contributed by atoms with van der Waals surface area (Å²) < 4.78 is 65.1. The maximum absolute atomic E-state index is 12.8. The van der Waals surface area contributed by atoms with Crippen molar-refractivity contribution in [3.63, 3.8) is 0 Å². The normalized spacial score (nSPS) is 38.8. The summed E-state index contributed by atoms with van der Waals surface area (Å²) in [4.78, 5) is 11.2. The second-order valence-electron chi connectivity index (χ2n) is 6.87. The molecule has 0 aromatic rings. The summed E-state index contributed by atoms with van der Waals surface area (Å²) in [5.41, 5.74) is 0. The third-order valence-electron chi connectivity index (χ3n) is 5.64. The zero-order valence-electron chi connectivity index (χ0n) is 12.5. The molecule has 1 N–H and O–H groups in total. The fourth-order valence-corrected chi connectivity index (χ4v) is 6.91. The van der Waals surface area contributed by atoms with Crippen molar-refractivity contribution in [2.24, 2.45) is 11.8 Å². The van der Waals surface area contributed by atoms with Crippen molar-refractivity contribution in [3.05, 3.63) is 0 Å². The average Bonchev–Trinajstić information content (AvgIpc) is 3.05. The van der Waals surface area contributed by atoms with Crippen LogP contribution in [0, 0.1) is 11.8 Å². The number of sulfonamides is 1. The number of hydrogen-bond acceptors (Lipinski definition) is 3. The first-order valence-electron chi connectivity index (χ1n) is 7.94. The van der Waals surface area contributed by atoms with Gasteiger partial charge in [-0.1, -0.05) is 0 Å². The van der Waals surface area contributed by atoms with Crippen LogP contribution < -0.4 is 0 Å². The Labute approximate surface area is 132 Å². The SMILES string of the molecule is O=C(O)C1CC2CCC1N2S(=O)(=O)C1CCC(C(F)(F)F)CC1. The highest BCUT2D eigenvalue weighted by molar-refractivity contribution is 7.89. The predicted molar refractivity (Wildman–Crippen MR) is 75.1 cm³/mol. The van der Waals surface area contributed by atoms with Crippen LogP contribution in [0.2, 0.25) is 0 Å². The van der Waals surface area contributed by atoms with E-state index in [9.17, 15) is 31.5 Å². The molecular formula is C14H20F3NO4S. The van der Waals surface area contributed by atoms with E-state index in [1.165, 1.54) is 4.31 Å². The van der Waals surface area contributed by atoms with Crippen LogP contribution in [0.15, 0.2) is 0 Å². The summed E-state index contributed by atoms with van der Waals surface area (Å²) in [5, 5.41) is 8.40. The third kappa shape index (κ3) is 2.86. The fraction of sp³-hybridized carbons (Fsp3) is 0.929. The molecule has 0 amide bonds. The van der Waals surface area contributed by atoms with Crippen LogP contribution >= 0.6 is 0 Å². The van der Waals surface area contributed by atoms with Gasteiger partial charge in [-0.05, 0) is 44.9 Å². The minimum absolute atomic E-state index is 0.000187. The minimum atomic E-state index is -4.27. The Balaban J connectivity index is 1.73. The molecule has 2 heterocycles. The molecule has 3 atom stereocenters. The molecule has 0 aromatic carbocycles. The maximum Gasteiger partial charge on any atom is 0.391 e. The number of carbonyl (C=O) groups is 1. The van der Waals surface area contributed by atoms with E-state index in [1.54, 1.807) is 0 Å². The number of alkyl halides is 3. The van der Waals surface area contributed by atoms with Crippen LogP contribution in [0.25, 0.3) is 0 Å². The number of hydrogen-bond donors (Lipinski definition) is 1.